The van der Waals surface area contributed by atoms with Crippen molar-refractivity contribution in [3.8, 4) is 0 Å². The topological polar surface area (TPSA) is 43.4 Å². The smallest absolute Gasteiger partial charge is 0.354 e. The molecule has 0 heterocycles. The van der Waals surface area contributed by atoms with Gasteiger partial charge in [0.15, 0.2) is 0 Å². The molecule has 0 bridgehead atoms. The Morgan fingerprint density at radius 3 is 2.56 bits per heavy atom. The Labute approximate surface area is 55.2 Å². The van der Waals surface area contributed by atoms with E-state index in [1.54, 1.807) is 6.92 Å². The van der Waals surface area contributed by atoms with Gasteiger partial charge in [-0.05, 0) is 6.92 Å². The van der Waals surface area contributed by atoms with Gasteiger partial charge in [0.2, 0.25) is 6.16 Å². The van der Waals surface area contributed by atoms with Crippen molar-refractivity contribution in [3.63, 3.8) is 0 Å². The number of esters is 1. The van der Waals surface area contributed by atoms with Crippen LogP contribution in [0.25, 0.3) is 0 Å². The third-order valence-corrected chi connectivity index (χ3v) is 1.36. The number of carbonyl (C=O) groups excluding carboxylic acids is 1. The number of carbonyl (C=O) groups is 1. The summed E-state index contributed by atoms with van der Waals surface area (Å²) in [6.45, 7) is 3.59. The van der Waals surface area contributed by atoms with Gasteiger partial charge in [-0.3, -0.25) is 0 Å². The zero-order chi connectivity index (χ0) is 7.28. The SMILES string of the molecule is CCOC(=O)C[P+](C)=O. The van der Waals surface area contributed by atoms with Crippen LogP contribution in [0.15, 0.2) is 0 Å². The van der Waals surface area contributed by atoms with Crippen molar-refractivity contribution >= 4 is 13.8 Å². The van der Waals surface area contributed by atoms with E-state index in [0.29, 0.717) is 6.61 Å². The van der Waals surface area contributed by atoms with Crippen LogP contribution in [0, 0.1) is 0 Å². The molecule has 0 fully saturated rings. The van der Waals surface area contributed by atoms with E-state index in [4.69, 9.17) is 0 Å². The molecule has 9 heavy (non-hydrogen) atoms. The van der Waals surface area contributed by atoms with Gasteiger partial charge in [-0.2, -0.15) is 0 Å². The summed E-state index contributed by atoms with van der Waals surface area (Å²) in [7, 11) is -1.38. The molecule has 1 atom stereocenters. The minimum Gasteiger partial charge on any atom is -0.463 e. The Morgan fingerprint density at radius 2 is 2.22 bits per heavy atom. The maximum atomic E-state index is 10.4. The Kier molecular flexibility index (Phi) is 4.24. The van der Waals surface area contributed by atoms with E-state index in [2.05, 4.69) is 4.74 Å². The molecule has 0 spiro atoms. The lowest BCUT2D eigenvalue weighted by Gasteiger charge is -1.91. The summed E-state index contributed by atoms with van der Waals surface area (Å²) in [4.78, 5) is 10.4. The van der Waals surface area contributed by atoms with E-state index < -0.39 is 7.80 Å². The van der Waals surface area contributed by atoms with Gasteiger partial charge in [-0.15, -0.1) is 0 Å². The molecule has 0 aliphatic heterocycles. The molecule has 4 heteroatoms. The van der Waals surface area contributed by atoms with Crippen LogP contribution in [-0.2, 0) is 14.1 Å². The van der Waals surface area contributed by atoms with Crippen molar-refractivity contribution in [3.05, 3.63) is 0 Å². The van der Waals surface area contributed by atoms with Gasteiger partial charge in [0.05, 0.1) is 6.61 Å². The Balaban J connectivity index is 3.39. The van der Waals surface area contributed by atoms with Gasteiger partial charge in [0.1, 0.15) is 6.66 Å². The predicted octanol–water partition coefficient (Wildman–Crippen LogP) is 1.01. The number of ether oxygens (including phenoxy) is 1. The Hall–Kier alpha value is -0.430. The predicted molar refractivity (Wildman–Crippen MR) is 35.0 cm³/mol. The van der Waals surface area contributed by atoms with Crippen molar-refractivity contribution in [1.29, 1.82) is 0 Å². The highest BCUT2D eigenvalue weighted by molar-refractivity contribution is 7.44. The van der Waals surface area contributed by atoms with Crippen molar-refractivity contribution in [1.82, 2.24) is 0 Å². The molecule has 0 aliphatic carbocycles. The zero-order valence-electron chi connectivity index (χ0n) is 5.59. The fourth-order valence-electron chi connectivity index (χ4n) is 0.388. The Morgan fingerprint density at radius 1 is 1.67 bits per heavy atom. The summed E-state index contributed by atoms with van der Waals surface area (Å²) in [6, 6.07) is 0. The molecule has 1 unspecified atom stereocenters. The van der Waals surface area contributed by atoms with Crippen molar-refractivity contribution in [2.24, 2.45) is 0 Å². The fourth-order valence-corrected chi connectivity index (χ4v) is 0.843. The quantitative estimate of drug-likeness (QED) is 0.444. The highest BCUT2D eigenvalue weighted by Crippen LogP contribution is 2.12. The van der Waals surface area contributed by atoms with Crippen LogP contribution in [0.5, 0.6) is 0 Å². The maximum absolute atomic E-state index is 10.4. The van der Waals surface area contributed by atoms with Gasteiger partial charge < -0.3 is 4.74 Å². The van der Waals surface area contributed by atoms with Crippen molar-refractivity contribution < 1.29 is 14.1 Å². The molecule has 52 valence electrons. The van der Waals surface area contributed by atoms with E-state index in [1.165, 1.54) is 6.66 Å². The van der Waals surface area contributed by atoms with Crippen LogP contribution in [0.3, 0.4) is 0 Å². The molecule has 0 rings (SSSR count). The second kappa shape index (κ2) is 4.45. The number of hydrogen-bond acceptors (Lipinski definition) is 3. The second-order valence-corrected chi connectivity index (χ2v) is 3.16. The van der Waals surface area contributed by atoms with Gasteiger partial charge in [-0.1, -0.05) is 4.57 Å². The van der Waals surface area contributed by atoms with Gasteiger partial charge in [0.25, 0.3) is 0 Å². The van der Waals surface area contributed by atoms with Gasteiger partial charge in [0, 0.05) is 0 Å². The average molecular weight is 149 g/mol. The molecule has 0 N–H and O–H groups in total. The third kappa shape index (κ3) is 5.44. The highest BCUT2D eigenvalue weighted by atomic mass is 31.1. The van der Waals surface area contributed by atoms with Gasteiger partial charge in [-0.25, -0.2) is 4.79 Å². The molecule has 0 aromatic heterocycles. The van der Waals surface area contributed by atoms with Gasteiger partial charge >= 0.3 is 13.8 Å². The maximum Gasteiger partial charge on any atom is 0.354 e. The summed E-state index contributed by atoms with van der Waals surface area (Å²) >= 11 is 0. The standard InChI is InChI=1S/C5H10O3P/c1-3-8-5(6)4-9(2)7/h3-4H2,1-2H3/q+1. The summed E-state index contributed by atoms with van der Waals surface area (Å²) in [6.07, 6.45) is 0.0448. The molecular formula is C5H10O3P+. The van der Waals surface area contributed by atoms with Crippen LogP contribution in [0.2, 0.25) is 0 Å². The third-order valence-electron chi connectivity index (χ3n) is 0.657. The van der Waals surface area contributed by atoms with Crippen LogP contribution < -0.4 is 0 Å². The van der Waals surface area contributed by atoms with Crippen LogP contribution >= 0.6 is 7.80 Å². The Bertz CT molecular complexity index is 121. The zero-order valence-corrected chi connectivity index (χ0v) is 6.48. The van der Waals surface area contributed by atoms with Crippen LogP contribution in [0.1, 0.15) is 6.92 Å². The fraction of sp³-hybridized carbons (Fsp3) is 0.800. The summed E-state index contributed by atoms with van der Waals surface area (Å²) in [5, 5.41) is 0. The van der Waals surface area contributed by atoms with E-state index in [1.807, 2.05) is 0 Å². The summed E-state index contributed by atoms with van der Waals surface area (Å²) in [5.74, 6) is -0.374. The monoisotopic (exact) mass is 149 g/mol. The molecule has 0 saturated carbocycles. The number of hydrogen-bond donors (Lipinski definition) is 0. The molecule has 0 aromatic carbocycles. The van der Waals surface area contributed by atoms with Crippen molar-refractivity contribution in [2.45, 2.75) is 6.92 Å². The minimum absolute atomic E-state index is 0.0448. The van der Waals surface area contributed by atoms with Crippen LogP contribution in [-0.4, -0.2) is 25.4 Å². The van der Waals surface area contributed by atoms with Crippen LogP contribution in [0.4, 0.5) is 0 Å². The molecule has 0 amide bonds. The lowest BCUT2D eigenvalue weighted by molar-refractivity contribution is -0.139. The molecule has 0 aromatic rings. The van der Waals surface area contributed by atoms with E-state index in [9.17, 15) is 9.36 Å². The highest BCUT2D eigenvalue weighted by Gasteiger charge is 2.14. The lowest BCUT2D eigenvalue weighted by Crippen LogP contribution is -2.05. The largest absolute Gasteiger partial charge is 0.463 e. The lowest BCUT2D eigenvalue weighted by atomic mass is 10.8. The molecule has 0 radical (unpaired) electrons. The molecule has 0 saturated heterocycles. The normalized spacial score (nSPS) is 10.7. The van der Waals surface area contributed by atoms with Crippen molar-refractivity contribution in [2.75, 3.05) is 19.4 Å². The first kappa shape index (κ1) is 8.57. The first-order valence-electron chi connectivity index (χ1n) is 2.70. The molecule has 3 nitrogen and oxygen atoms in total. The summed E-state index contributed by atoms with van der Waals surface area (Å²) in [5.41, 5.74) is 0. The second-order valence-electron chi connectivity index (χ2n) is 1.59. The van der Waals surface area contributed by atoms with E-state index >= 15 is 0 Å². The first-order valence-corrected chi connectivity index (χ1v) is 4.60. The number of rotatable bonds is 3. The summed E-state index contributed by atoms with van der Waals surface area (Å²) < 4.78 is 14.9. The average Bonchev–Trinajstić information content (AvgIpc) is 1.63. The molecule has 0 aliphatic rings. The van der Waals surface area contributed by atoms with E-state index in [-0.39, 0.29) is 12.1 Å². The van der Waals surface area contributed by atoms with E-state index in [0.717, 1.165) is 0 Å². The first-order chi connectivity index (χ1) is 4.16. The molecular weight excluding hydrogens is 139 g/mol. The minimum atomic E-state index is -1.38.